The van der Waals surface area contributed by atoms with Crippen LogP contribution < -0.4 is 0 Å². The topological polar surface area (TPSA) is 0 Å². The zero-order chi connectivity index (χ0) is 18.4. The van der Waals surface area contributed by atoms with Crippen LogP contribution in [-0.4, -0.2) is 0 Å². The molecule has 0 spiro atoms. The van der Waals surface area contributed by atoms with Gasteiger partial charge in [0, 0.05) is 0 Å². The van der Waals surface area contributed by atoms with Crippen molar-refractivity contribution in [3.05, 3.63) is 60.2 Å². The van der Waals surface area contributed by atoms with Crippen molar-refractivity contribution in [3.63, 3.8) is 0 Å². The maximum absolute atomic E-state index is 13.5. The molecule has 0 saturated heterocycles. The Kier molecular flexibility index (Phi) is 7.05. The van der Waals surface area contributed by atoms with Gasteiger partial charge in [-0.15, -0.1) is 0 Å². The number of halogens is 2. The van der Waals surface area contributed by atoms with Crippen molar-refractivity contribution < 1.29 is 8.78 Å². The van der Waals surface area contributed by atoms with E-state index in [1.54, 1.807) is 6.07 Å². The number of allylic oxidation sites excluding steroid dienone is 3. The zero-order valence-corrected chi connectivity index (χ0v) is 15.8. The quantitative estimate of drug-likeness (QED) is 0.460. The number of rotatable bonds is 6. The van der Waals surface area contributed by atoms with Crippen LogP contribution in [0, 0.1) is 29.4 Å². The molecule has 0 amide bonds. The van der Waals surface area contributed by atoms with E-state index in [1.165, 1.54) is 63.5 Å². The second-order valence-electron chi connectivity index (χ2n) is 8.31. The van der Waals surface area contributed by atoms with E-state index in [4.69, 9.17) is 0 Å². The first-order valence-corrected chi connectivity index (χ1v) is 10.4. The Bertz CT molecular complexity index is 603. The van der Waals surface area contributed by atoms with E-state index in [0.29, 0.717) is 5.92 Å². The molecule has 1 aromatic rings. The van der Waals surface area contributed by atoms with Crippen molar-refractivity contribution in [1.82, 2.24) is 0 Å². The van der Waals surface area contributed by atoms with Crippen LogP contribution in [0.25, 0.3) is 0 Å². The number of hydrogen-bond donors (Lipinski definition) is 0. The molecule has 0 heterocycles. The van der Waals surface area contributed by atoms with Gasteiger partial charge in [0.1, 0.15) is 0 Å². The second-order valence-corrected chi connectivity index (χ2v) is 8.31. The van der Waals surface area contributed by atoms with Crippen molar-refractivity contribution in [2.75, 3.05) is 0 Å². The van der Waals surface area contributed by atoms with Crippen LogP contribution in [0.3, 0.4) is 0 Å². The first-order chi connectivity index (χ1) is 12.7. The van der Waals surface area contributed by atoms with Crippen LogP contribution in [0.5, 0.6) is 0 Å². The van der Waals surface area contributed by atoms with E-state index in [2.05, 4.69) is 18.7 Å². The summed E-state index contributed by atoms with van der Waals surface area (Å²) < 4.78 is 26.6. The molecule has 26 heavy (non-hydrogen) atoms. The Morgan fingerprint density at radius 3 is 2.15 bits per heavy atom. The average molecular weight is 359 g/mol. The molecule has 0 N–H and O–H groups in total. The summed E-state index contributed by atoms with van der Waals surface area (Å²) in [4.78, 5) is 0. The Morgan fingerprint density at radius 1 is 0.885 bits per heavy atom. The second kappa shape index (κ2) is 9.48. The largest absolute Gasteiger partial charge is 0.204 e. The fraction of sp³-hybridized carbons (Fsp3) is 0.583. The highest BCUT2D eigenvalue weighted by atomic mass is 19.2. The summed E-state index contributed by atoms with van der Waals surface area (Å²) >= 11 is 0. The van der Waals surface area contributed by atoms with E-state index in [1.807, 2.05) is 6.08 Å². The molecule has 2 aliphatic rings. The molecular formula is C24H32F2. The van der Waals surface area contributed by atoms with Gasteiger partial charge >= 0.3 is 0 Å². The summed E-state index contributed by atoms with van der Waals surface area (Å²) in [6.07, 6.45) is 18.9. The van der Waals surface area contributed by atoms with Gasteiger partial charge < -0.3 is 0 Å². The van der Waals surface area contributed by atoms with Gasteiger partial charge in [0.15, 0.2) is 11.6 Å². The van der Waals surface area contributed by atoms with Crippen LogP contribution in [0.15, 0.2) is 43.0 Å². The lowest BCUT2D eigenvalue weighted by atomic mass is 9.68. The molecule has 1 aromatic carbocycles. The zero-order valence-electron chi connectivity index (χ0n) is 15.8. The van der Waals surface area contributed by atoms with E-state index in [0.717, 1.165) is 36.2 Å². The summed E-state index contributed by atoms with van der Waals surface area (Å²) in [5, 5.41) is 0. The minimum absolute atomic E-state index is 0.411. The standard InChI is InChI=1S/C24H32F2/c1-2-3-4-5-6-18-7-9-19(10-8-18)20-11-13-21(14-12-20)22-15-16-23(25)24(26)17-22/h2-4,15-21H,1,5-14H2. The van der Waals surface area contributed by atoms with Crippen LogP contribution in [0.2, 0.25) is 0 Å². The summed E-state index contributed by atoms with van der Waals surface area (Å²) in [6.45, 7) is 3.72. The number of benzene rings is 1. The van der Waals surface area contributed by atoms with Gasteiger partial charge in [-0.1, -0.05) is 43.7 Å². The molecule has 2 heteroatoms. The lowest BCUT2D eigenvalue weighted by molar-refractivity contribution is 0.157. The summed E-state index contributed by atoms with van der Waals surface area (Å²) in [6, 6.07) is 4.46. The first-order valence-electron chi connectivity index (χ1n) is 10.4. The van der Waals surface area contributed by atoms with Crippen molar-refractivity contribution in [1.29, 1.82) is 0 Å². The summed E-state index contributed by atoms with van der Waals surface area (Å²) in [5.41, 5.74) is 0.985. The molecule has 2 fully saturated rings. The highest BCUT2D eigenvalue weighted by Crippen LogP contribution is 2.44. The lowest BCUT2D eigenvalue weighted by Gasteiger charge is -2.38. The molecular weight excluding hydrogens is 326 g/mol. The molecule has 0 aliphatic heterocycles. The Labute approximate surface area is 157 Å². The molecule has 0 atom stereocenters. The molecule has 0 bridgehead atoms. The third kappa shape index (κ3) is 5.05. The van der Waals surface area contributed by atoms with Crippen molar-refractivity contribution >= 4 is 0 Å². The van der Waals surface area contributed by atoms with Crippen molar-refractivity contribution in [3.8, 4) is 0 Å². The predicted molar refractivity (Wildman–Crippen MR) is 105 cm³/mol. The molecule has 0 nitrogen and oxygen atoms in total. The normalized spacial score (nSPS) is 29.8. The highest BCUT2D eigenvalue weighted by Gasteiger charge is 2.31. The van der Waals surface area contributed by atoms with Crippen LogP contribution in [0.4, 0.5) is 8.78 Å². The molecule has 0 aromatic heterocycles. The Balaban J connectivity index is 1.42. The monoisotopic (exact) mass is 358 g/mol. The molecule has 0 radical (unpaired) electrons. The van der Waals surface area contributed by atoms with Crippen LogP contribution in [0.1, 0.15) is 75.7 Å². The average Bonchev–Trinajstić information content (AvgIpc) is 2.68. The van der Waals surface area contributed by atoms with Gasteiger partial charge in [-0.3, -0.25) is 0 Å². The Hall–Kier alpha value is -1.44. The van der Waals surface area contributed by atoms with E-state index in [9.17, 15) is 8.78 Å². The van der Waals surface area contributed by atoms with Crippen LogP contribution in [-0.2, 0) is 0 Å². The van der Waals surface area contributed by atoms with Gasteiger partial charge in [-0.2, -0.15) is 0 Å². The smallest absolute Gasteiger partial charge is 0.159 e. The minimum atomic E-state index is -0.737. The minimum Gasteiger partial charge on any atom is -0.204 e. The fourth-order valence-electron chi connectivity index (χ4n) is 5.16. The van der Waals surface area contributed by atoms with Gasteiger partial charge in [0.25, 0.3) is 0 Å². The molecule has 2 saturated carbocycles. The van der Waals surface area contributed by atoms with Gasteiger partial charge in [-0.25, -0.2) is 8.78 Å². The maximum atomic E-state index is 13.5. The SMILES string of the molecule is C=CC=CCCC1CCC(C2CCC(c3ccc(F)c(F)c3)CC2)CC1. The maximum Gasteiger partial charge on any atom is 0.159 e. The lowest BCUT2D eigenvalue weighted by Crippen LogP contribution is -2.25. The van der Waals surface area contributed by atoms with Gasteiger partial charge in [-0.05, 0) is 92.7 Å². The first kappa shape index (κ1) is 19.3. The highest BCUT2D eigenvalue weighted by molar-refractivity contribution is 5.22. The third-order valence-electron chi connectivity index (χ3n) is 6.76. The van der Waals surface area contributed by atoms with E-state index in [-0.39, 0.29) is 0 Å². The molecule has 3 rings (SSSR count). The van der Waals surface area contributed by atoms with E-state index >= 15 is 0 Å². The molecule has 142 valence electrons. The number of hydrogen-bond acceptors (Lipinski definition) is 0. The van der Waals surface area contributed by atoms with Crippen molar-refractivity contribution in [2.45, 2.75) is 70.1 Å². The fourth-order valence-corrected chi connectivity index (χ4v) is 5.16. The van der Waals surface area contributed by atoms with Gasteiger partial charge in [0.2, 0.25) is 0 Å². The van der Waals surface area contributed by atoms with Crippen LogP contribution >= 0.6 is 0 Å². The Morgan fingerprint density at radius 2 is 1.54 bits per heavy atom. The predicted octanol–water partition coefficient (Wildman–Crippen LogP) is 7.57. The third-order valence-corrected chi connectivity index (χ3v) is 6.76. The summed E-state index contributed by atoms with van der Waals surface area (Å²) in [5.74, 6) is 1.61. The molecule has 0 unspecified atom stereocenters. The van der Waals surface area contributed by atoms with E-state index < -0.39 is 11.6 Å². The summed E-state index contributed by atoms with van der Waals surface area (Å²) in [7, 11) is 0. The van der Waals surface area contributed by atoms with Gasteiger partial charge in [0.05, 0.1) is 0 Å². The molecule has 2 aliphatic carbocycles. The van der Waals surface area contributed by atoms with Crippen molar-refractivity contribution in [2.24, 2.45) is 17.8 Å².